The highest BCUT2D eigenvalue weighted by Crippen LogP contribution is 2.30. The van der Waals surface area contributed by atoms with Gasteiger partial charge in [-0.05, 0) is 23.8 Å². The number of hydrogen-bond donors (Lipinski definition) is 0. The van der Waals surface area contributed by atoms with Gasteiger partial charge in [0.1, 0.15) is 11.3 Å². The van der Waals surface area contributed by atoms with Gasteiger partial charge in [-0.15, -0.1) is 0 Å². The molecule has 0 fully saturated rings. The minimum absolute atomic E-state index is 0.160. The van der Waals surface area contributed by atoms with Crippen LogP contribution in [-0.2, 0) is 24.9 Å². The molecule has 0 atom stereocenters. The van der Waals surface area contributed by atoms with Crippen molar-refractivity contribution >= 4 is 21.8 Å². The molecule has 2 aromatic carbocycles. The lowest BCUT2D eigenvalue weighted by atomic mass is 10.2. The van der Waals surface area contributed by atoms with Gasteiger partial charge in [0, 0.05) is 30.0 Å². The van der Waals surface area contributed by atoms with Gasteiger partial charge in [0.05, 0.1) is 31.5 Å². The van der Waals surface area contributed by atoms with E-state index in [1.807, 2.05) is 48.0 Å². The van der Waals surface area contributed by atoms with Gasteiger partial charge in [0.15, 0.2) is 0 Å². The maximum Gasteiger partial charge on any atom is 0.291 e. The molecule has 5 rings (SSSR count). The van der Waals surface area contributed by atoms with Gasteiger partial charge < -0.3 is 14.0 Å². The lowest BCUT2D eigenvalue weighted by Crippen LogP contribution is -2.25. The van der Waals surface area contributed by atoms with Crippen molar-refractivity contribution in [2.24, 2.45) is 7.05 Å². The molecule has 0 radical (unpaired) electrons. The van der Waals surface area contributed by atoms with E-state index in [4.69, 9.17) is 9.47 Å². The van der Waals surface area contributed by atoms with E-state index in [1.165, 1.54) is 16.8 Å². The summed E-state index contributed by atoms with van der Waals surface area (Å²) < 4.78 is 28.0. The number of rotatable bonds is 7. The van der Waals surface area contributed by atoms with Crippen LogP contribution in [0, 0.1) is 5.95 Å². The number of aromatic nitrogens is 4. The normalized spacial score (nSPS) is 11.3. The molecule has 0 N–H and O–H groups in total. The fourth-order valence-corrected chi connectivity index (χ4v) is 3.84. The summed E-state index contributed by atoms with van der Waals surface area (Å²) in [6.07, 6.45) is 1.70. The zero-order valence-electron chi connectivity index (χ0n) is 17.9. The number of aryl methyl sites for hydroxylation is 1. The summed E-state index contributed by atoms with van der Waals surface area (Å²) in [6.45, 7) is 1.20. The Balaban J connectivity index is 1.40. The average Bonchev–Trinajstić information content (AvgIpc) is 3.11. The van der Waals surface area contributed by atoms with Crippen LogP contribution in [0.2, 0.25) is 0 Å². The van der Waals surface area contributed by atoms with E-state index in [0.717, 1.165) is 21.9 Å². The van der Waals surface area contributed by atoms with Crippen molar-refractivity contribution in [2.45, 2.75) is 13.2 Å². The molecule has 166 valence electrons. The fourth-order valence-electron chi connectivity index (χ4n) is 3.84. The molecule has 0 amide bonds. The van der Waals surface area contributed by atoms with Crippen molar-refractivity contribution in [2.75, 3.05) is 6.61 Å². The third-order valence-electron chi connectivity index (χ3n) is 5.45. The molecule has 0 saturated heterocycles. The number of hydrogen-bond acceptors (Lipinski definition) is 5. The molecule has 0 bridgehead atoms. The SMILES string of the molecule is Cn1c2cc(Oc3cccc(F)n3)ccc2c2cnn(CCOCc3ccccc3)c(=O)c21. The average molecular weight is 444 g/mol. The highest BCUT2D eigenvalue weighted by atomic mass is 19.1. The monoisotopic (exact) mass is 444 g/mol. The summed E-state index contributed by atoms with van der Waals surface area (Å²) in [5.41, 5.74) is 2.23. The van der Waals surface area contributed by atoms with Crippen LogP contribution in [0.15, 0.2) is 77.7 Å². The second-order valence-corrected chi connectivity index (χ2v) is 7.61. The molecule has 0 unspecified atom stereocenters. The first-order chi connectivity index (χ1) is 16.1. The number of fused-ring (bicyclic) bond motifs is 3. The second-order valence-electron chi connectivity index (χ2n) is 7.61. The summed E-state index contributed by atoms with van der Waals surface area (Å²) >= 11 is 0. The number of ether oxygens (including phenoxy) is 2. The predicted octanol–water partition coefficient (Wildman–Crippen LogP) is 4.43. The van der Waals surface area contributed by atoms with Gasteiger partial charge in [0.2, 0.25) is 11.8 Å². The maximum atomic E-state index is 13.4. The van der Waals surface area contributed by atoms with Crippen LogP contribution in [0.1, 0.15) is 5.56 Å². The molecule has 0 aliphatic carbocycles. The quantitative estimate of drug-likeness (QED) is 0.274. The van der Waals surface area contributed by atoms with E-state index >= 15 is 0 Å². The van der Waals surface area contributed by atoms with Gasteiger partial charge in [0.25, 0.3) is 5.56 Å². The summed E-state index contributed by atoms with van der Waals surface area (Å²) in [5, 5.41) is 5.98. The van der Waals surface area contributed by atoms with Crippen molar-refractivity contribution < 1.29 is 13.9 Å². The van der Waals surface area contributed by atoms with Gasteiger partial charge in [-0.2, -0.15) is 14.5 Å². The predicted molar refractivity (Wildman–Crippen MR) is 123 cm³/mol. The Kier molecular flexibility index (Phi) is 5.58. The van der Waals surface area contributed by atoms with Crippen molar-refractivity contribution in [3.8, 4) is 11.6 Å². The Morgan fingerprint density at radius 3 is 2.67 bits per heavy atom. The van der Waals surface area contributed by atoms with E-state index in [-0.39, 0.29) is 11.4 Å². The molecule has 33 heavy (non-hydrogen) atoms. The van der Waals surface area contributed by atoms with Crippen LogP contribution in [0.25, 0.3) is 21.8 Å². The summed E-state index contributed by atoms with van der Waals surface area (Å²) in [7, 11) is 1.83. The van der Waals surface area contributed by atoms with E-state index < -0.39 is 5.95 Å². The summed E-state index contributed by atoms with van der Waals surface area (Å²) in [4.78, 5) is 16.9. The first kappa shape index (κ1) is 20.8. The lowest BCUT2D eigenvalue weighted by Gasteiger charge is -2.07. The Hall–Kier alpha value is -4.04. The van der Waals surface area contributed by atoms with E-state index in [0.29, 0.717) is 31.0 Å². The standard InChI is InChI=1S/C25H21FN4O3/c1-29-21-14-18(33-23-9-5-8-22(26)28-23)10-11-19(21)20-15-27-30(25(31)24(20)29)12-13-32-16-17-6-3-2-4-7-17/h2-11,14-15H,12-13,16H2,1H3. The van der Waals surface area contributed by atoms with Gasteiger partial charge in [-0.1, -0.05) is 36.4 Å². The zero-order chi connectivity index (χ0) is 22.8. The minimum Gasteiger partial charge on any atom is -0.439 e. The molecule has 7 nitrogen and oxygen atoms in total. The van der Waals surface area contributed by atoms with Crippen LogP contribution in [0.3, 0.4) is 0 Å². The molecular formula is C25H21FN4O3. The number of benzene rings is 2. The molecule has 0 aliphatic heterocycles. The maximum absolute atomic E-state index is 13.4. The molecular weight excluding hydrogens is 423 g/mol. The van der Waals surface area contributed by atoms with Crippen LogP contribution < -0.4 is 10.3 Å². The molecule has 8 heteroatoms. The van der Waals surface area contributed by atoms with Crippen LogP contribution in [0.4, 0.5) is 4.39 Å². The van der Waals surface area contributed by atoms with Crippen molar-refractivity contribution in [3.63, 3.8) is 0 Å². The van der Waals surface area contributed by atoms with Gasteiger partial charge in [-0.25, -0.2) is 4.68 Å². The second kappa shape index (κ2) is 8.84. The van der Waals surface area contributed by atoms with Crippen LogP contribution in [-0.4, -0.2) is 25.9 Å². The van der Waals surface area contributed by atoms with Crippen LogP contribution >= 0.6 is 0 Å². The zero-order valence-corrected chi connectivity index (χ0v) is 17.9. The largest absolute Gasteiger partial charge is 0.439 e. The van der Waals surface area contributed by atoms with Crippen molar-refractivity contribution in [3.05, 3.63) is 94.8 Å². The van der Waals surface area contributed by atoms with E-state index in [1.54, 1.807) is 24.4 Å². The van der Waals surface area contributed by atoms with Crippen molar-refractivity contribution in [1.82, 2.24) is 19.3 Å². The topological polar surface area (TPSA) is 71.2 Å². The minimum atomic E-state index is -0.613. The Morgan fingerprint density at radius 1 is 1.00 bits per heavy atom. The van der Waals surface area contributed by atoms with E-state index in [2.05, 4.69) is 10.1 Å². The van der Waals surface area contributed by atoms with Crippen LogP contribution in [0.5, 0.6) is 11.6 Å². The molecule has 0 aliphatic rings. The van der Waals surface area contributed by atoms with Gasteiger partial charge >= 0.3 is 0 Å². The van der Waals surface area contributed by atoms with Gasteiger partial charge in [-0.3, -0.25) is 4.79 Å². The number of pyridine rings is 1. The Labute approximate surface area is 188 Å². The molecule has 3 aromatic heterocycles. The molecule has 0 saturated carbocycles. The summed E-state index contributed by atoms with van der Waals surface area (Å²) in [5.74, 6) is 0.0410. The molecule has 0 spiro atoms. The number of halogens is 1. The molecule has 5 aromatic rings. The first-order valence-corrected chi connectivity index (χ1v) is 10.5. The first-order valence-electron chi connectivity index (χ1n) is 10.5. The van der Waals surface area contributed by atoms with E-state index in [9.17, 15) is 9.18 Å². The number of nitrogens with zero attached hydrogens (tertiary/aromatic N) is 4. The Morgan fingerprint density at radius 2 is 1.85 bits per heavy atom. The highest BCUT2D eigenvalue weighted by Gasteiger charge is 2.15. The molecule has 3 heterocycles. The fraction of sp³-hybridized carbons (Fsp3) is 0.160. The third kappa shape index (κ3) is 4.20. The third-order valence-corrected chi connectivity index (χ3v) is 5.45. The van der Waals surface area contributed by atoms with Crippen molar-refractivity contribution in [1.29, 1.82) is 0 Å². The smallest absolute Gasteiger partial charge is 0.291 e. The highest BCUT2D eigenvalue weighted by molar-refractivity contribution is 6.07. The lowest BCUT2D eigenvalue weighted by molar-refractivity contribution is 0.110. The Bertz CT molecular complexity index is 1490. The summed E-state index contributed by atoms with van der Waals surface area (Å²) in [6, 6.07) is 19.7.